The van der Waals surface area contributed by atoms with Gasteiger partial charge in [0, 0.05) is 12.5 Å². The summed E-state index contributed by atoms with van der Waals surface area (Å²) < 4.78 is 25.8. The average molecular weight is 212 g/mol. The molecule has 0 aliphatic heterocycles. The van der Waals surface area contributed by atoms with Crippen molar-refractivity contribution in [2.75, 3.05) is 0 Å². The fourth-order valence-electron chi connectivity index (χ4n) is 1.29. The van der Waals surface area contributed by atoms with E-state index in [0.29, 0.717) is 6.42 Å². The molecule has 1 nitrogen and oxygen atoms in total. The third kappa shape index (κ3) is 3.11. The summed E-state index contributed by atoms with van der Waals surface area (Å²) in [6.45, 7) is 3.90. The number of rotatable bonds is 4. The van der Waals surface area contributed by atoms with E-state index in [1.165, 1.54) is 6.07 Å². The van der Waals surface area contributed by atoms with Crippen molar-refractivity contribution < 1.29 is 13.6 Å². The van der Waals surface area contributed by atoms with E-state index >= 15 is 0 Å². The van der Waals surface area contributed by atoms with E-state index in [-0.39, 0.29) is 17.3 Å². The second-order valence-corrected chi connectivity index (χ2v) is 3.76. The Labute approximate surface area is 88.1 Å². The summed E-state index contributed by atoms with van der Waals surface area (Å²) in [7, 11) is 0. The number of ketones is 1. The lowest BCUT2D eigenvalue weighted by Crippen LogP contribution is -2.07. The van der Waals surface area contributed by atoms with Gasteiger partial charge >= 0.3 is 0 Å². The summed E-state index contributed by atoms with van der Waals surface area (Å²) in [4.78, 5) is 11.6. The minimum atomic E-state index is -0.775. The predicted octanol–water partition coefficient (Wildman–Crippen LogP) is 3.58. The molecule has 0 aliphatic rings. The number of halogens is 2. The molecule has 0 saturated carbocycles. The van der Waals surface area contributed by atoms with Gasteiger partial charge in [0.1, 0.15) is 11.6 Å². The van der Waals surface area contributed by atoms with E-state index in [1.54, 1.807) is 0 Å². The molecule has 1 unspecified atom stereocenters. The van der Waals surface area contributed by atoms with Crippen molar-refractivity contribution in [2.24, 2.45) is 5.92 Å². The van der Waals surface area contributed by atoms with Gasteiger partial charge in [0.2, 0.25) is 0 Å². The maximum Gasteiger partial charge on any atom is 0.166 e. The van der Waals surface area contributed by atoms with Crippen LogP contribution in [0.1, 0.15) is 37.0 Å². The average Bonchev–Trinajstić information content (AvgIpc) is 2.17. The van der Waals surface area contributed by atoms with Crippen LogP contribution in [0.4, 0.5) is 8.78 Å². The maximum atomic E-state index is 13.2. The van der Waals surface area contributed by atoms with Gasteiger partial charge in [-0.15, -0.1) is 0 Å². The Balaban J connectivity index is 2.82. The molecular formula is C12H14F2O. The van der Waals surface area contributed by atoms with E-state index in [0.717, 1.165) is 18.6 Å². The van der Waals surface area contributed by atoms with Gasteiger partial charge in [-0.05, 0) is 18.1 Å². The van der Waals surface area contributed by atoms with Crippen LogP contribution in [0.25, 0.3) is 0 Å². The smallest absolute Gasteiger partial charge is 0.166 e. The minimum Gasteiger partial charge on any atom is -0.294 e. The normalized spacial score (nSPS) is 12.5. The zero-order chi connectivity index (χ0) is 11.4. The van der Waals surface area contributed by atoms with Gasteiger partial charge < -0.3 is 0 Å². The number of hydrogen-bond acceptors (Lipinski definition) is 1. The van der Waals surface area contributed by atoms with Crippen molar-refractivity contribution in [3.05, 3.63) is 35.4 Å². The van der Waals surface area contributed by atoms with E-state index in [4.69, 9.17) is 0 Å². The molecule has 15 heavy (non-hydrogen) atoms. The molecule has 3 heteroatoms. The van der Waals surface area contributed by atoms with Crippen LogP contribution in [0.3, 0.4) is 0 Å². The lowest BCUT2D eigenvalue weighted by Gasteiger charge is -2.07. The van der Waals surface area contributed by atoms with Gasteiger partial charge in [0.05, 0.1) is 5.56 Å². The first kappa shape index (κ1) is 11.8. The Kier molecular flexibility index (Phi) is 3.95. The lowest BCUT2D eigenvalue weighted by atomic mass is 9.97. The van der Waals surface area contributed by atoms with Gasteiger partial charge in [-0.2, -0.15) is 0 Å². The quantitative estimate of drug-likeness (QED) is 0.697. The first-order valence-corrected chi connectivity index (χ1v) is 5.02. The Morgan fingerprint density at radius 3 is 2.60 bits per heavy atom. The van der Waals surface area contributed by atoms with Gasteiger partial charge in [0.15, 0.2) is 5.78 Å². The van der Waals surface area contributed by atoms with Crippen LogP contribution < -0.4 is 0 Å². The predicted molar refractivity (Wildman–Crippen MR) is 54.8 cm³/mol. The molecule has 0 saturated heterocycles. The SMILES string of the molecule is CCC(C)CC(=O)c1ccc(F)cc1F. The summed E-state index contributed by atoms with van der Waals surface area (Å²) in [5.74, 6) is -1.47. The van der Waals surface area contributed by atoms with E-state index in [1.807, 2.05) is 13.8 Å². The number of carbonyl (C=O) groups is 1. The van der Waals surface area contributed by atoms with Crippen molar-refractivity contribution in [1.29, 1.82) is 0 Å². The van der Waals surface area contributed by atoms with Crippen molar-refractivity contribution in [2.45, 2.75) is 26.7 Å². The molecule has 0 N–H and O–H groups in total. The number of Topliss-reactive ketones (excluding diaryl/α,β-unsaturated/α-hetero) is 1. The third-order valence-electron chi connectivity index (χ3n) is 2.46. The highest BCUT2D eigenvalue weighted by atomic mass is 19.1. The monoisotopic (exact) mass is 212 g/mol. The van der Waals surface area contributed by atoms with Crippen LogP contribution >= 0.6 is 0 Å². The van der Waals surface area contributed by atoms with Gasteiger partial charge in [-0.25, -0.2) is 8.78 Å². The minimum absolute atomic E-state index is 0.0169. The highest BCUT2D eigenvalue weighted by Gasteiger charge is 2.14. The van der Waals surface area contributed by atoms with E-state index < -0.39 is 11.6 Å². The largest absolute Gasteiger partial charge is 0.294 e. The summed E-state index contributed by atoms with van der Waals surface area (Å²) in [5.41, 5.74) is -0.0169. The molecule has 0 aliphatic carbocycles. The van der Waals surface area contributed by atoms with Crippen LogP contribution in [0.2, 0.25) is 0 Å². The lowest BCUT2D eigenvalue weighted by molar-refractivity contribution is 0.0959. The molecule has 1 atom stereocenters. The van der Waals surface area contributed by atoms with Crippen LogP contribution in [-0.2, 0) is 0 Å². The Morgan fingerprint density at radius 1 is 1.40 bits per heavy atom. The van der Waals surface area contributed by atoms with Crippen molar-refractivity contribution in [3.63, 3.8) is 0 Å². The summed E-state index contributed by atoms with van der Waals surface area (Å²) in [5, 5.41) is 0. The molecule has 1 rings (SSSR count). The topological polar surface area (TPSA) is 17.1 Å². The Bertz CT molecular complexity index is 361. The summed E-state index contributed by atoms with van der Waals surface area (Å²) in [6.07, 6.45) is 1.17. The van der Waals surface area contributed by atoms with Gasteiger partial charge in [-0.3, -0.25) is 4.79 Å². The molecule has 0 bridgehead atoms. The zero-order valence-electron chi connectivity index (χ0n) is 8.89. The van der Waals surface area contributed by atoms with Gasteiger partial charge in [0.25, 0.3) is 0 Å². The van der Waals surface area contributed by atoms with Crippen molar-refractivity contribution in [1.82, 2.24) is 0 Å². The molecule has 82 valence electrons. The maximum absolute atomic E-state index is 13.2. The van der Waals surface area contributed by atoms with Crippen LogP contribution in [0, 0.1) is 17.6 Å². The zero-order valence-corrected chi connectivity index (χ0v) is 8.89. The first-order valence-electron chi connectivity index (χ1n) is 5.02. The molecule has 0 amide bonds. The van der Waals surface area contributed by atoms with E-state index in [2.05, 4.69) is 0 Å². The highest BCUT2D eigenvalue weighted by molar-refractivity contribution is 5.96. The molecule has 1 aromatic rings. The molecule has 0 heterocycles. The Hall–Kier alpha value is -1.25. The number of benzene rings is 1. The highest BCUT2D eigenvalue weighted by Crippen LogP contribution is 2.16. The molecular weight excluding hydrogens is 198 g/mol. The molecule has 0 aromatic heterocycles. The van der Waals surface area contributed by atoms with Crippen LogP contribution in [0.15, 0.2) is 18.2 Å². The molecule has 0 fully saturated rings. The second kappa shape index (κ2) is 5.01. The third-order valence-corrected chi connectivity index (χ3v) is 2.46. The van der Waals surface area contributed by atoms with E-state index in [9.17, 15) is 13.6 Å². The first-order chi connectivity index (χ1) is 7.04. The number of carbonyl (C=O) groups excluding carboxylic acids is 1. The van der Waals surface area contributed by atoms with Crippen molar-refractivity contribution >= 4 is 5.78 Å². The Morgan fingerprint density at radius 2 is 2.07 bits per heavy atom. The second-order valence-electron chi connectivity index (χ2n) is 3.76. The molecule has 0 radical (unpaired) electrons. The number of hydrogen-bond donors (Lipinski definition) is 0. The van der Waals surface area contributed by atoms with Gasteiger partial charge in [-0.1, -0.05) is 20.3 Å². The fraction of sp³-hybridized carbons (Fsp3) is 0.417. The van der Waals surface area contributed by atoms with Crippen molar-refractivity contribution in [3.8, 4) is 0 Å². The molecule has 0 spiro atoms. The fourth-order valence-corrected chi connectivity index (χ4v) is 1.29. The summed E-state index contributed by atoms with van der Waals surface area (Å²) >= 11 is 0. The summed E-state index contributed by atoms with van der Waals surface area (Å²) in [6, 6.07) is 3.05. The molecule has 1 aromatic carbocycles. The van der Waals surface area contributed by atoms with Crippen LogP contribution in [0.5, 0.6) is 0 Å². The standard InChI is InChI=1S/C12H14F2O/c1-3-8(2)6-12(15)10-5-4-9(13)7-11(10)14/h4-5,7-8H,3,6H2,1-2H3. The van der Waals surface area contributed by atoms with Crippen LogP contribution in [-0.4, -0.2) is 5.78 Å².